The van der Waals surface area contributed by atoms with Gasteiger partial charge < -0.3 is 9.84 Å². The summed E-state index contributed by atoms with van der Waals surface area (Å²) in [5.74, 6) is 0. The first-order valence-corrected chi connectivity index (χ1v) is 9.24. The lowest BCUT2D eigenvalue weighted by Gasteiger charge is -2.15. The molecule has 127 valence electrons. The quantitative estimate of drug-likeness (QED) is 0.372. The van der Waals surface area contributed by atoms with E-state index < -0.39 is 0 Å². The zero-order valence-electron chi connectivity index (χ0n) is 14.6. The number of methoxy groups -OCH3 is 1. The molecule has 0 aromatic heterocycles. The molecule has 2 nitrogen and oxygen atoms in total. The first-order chi connectivity index (χ1) is 10.2. The van der Waals surface area contributed by atoms with Gasteiger partial charge in [0, 0.05) is 7.11 Å². The van der Waals surface area contributed by atoms with E-state index in [0.717, 1.165) is 12.8 Å². The van der Waals surface area contributed by atoms with Crippen molar-refractivity contribution in [2.45, 2.75) is 109 Å². The summed E-state index contributed by atoms with van der Waals surface area (Å²) in [4.78, 5) is 0. The maximum Gasteiger partial charge on any atom is 0.0571 e. The summed E-state index contributed by atoms with van der Waals surface area (Å²) in [7, 11) is 1.86. The molecule has 0 heterocycles. The van der Waals surface area contributed by atoms with Gasteiger partial charge in [0.05, 0.1) is 12.2 Å². The van der Waals surface area contributed by atoms with Crippen molar-refractivity contribution < 1.29 is 9.84 Å². The van der Waals surface area contributed by atoms with E-state index in [4.69, 9.17) is 4.74 Å². The van der Waals surface area contributed by atoms with Crippen LogP contribution in [0, 0.1) is 6.92 Å². The van der Waals surface area contributed by atoms with Crippen molar-refractivity contribution in [3.63, 3.8) is 0 Å². The molecule has 1 radical (unpaired) electrons. The normalized spacial score (nSPS) is 14.3. The van der Waals surface area contributed by atoms with Gasteiger partial charge in [0.2, 0.25) is 0 Å². The molecule has 0 aromatic rings. The van der Waals surface area contributed by atoms with Crippen LogP contribution in [0.2, 0.25) is 0 Å². The van der Waals surface area contributed by atoms with Crippen LogP contribution in [0.5, 0.6) is 0 Å². The van der Waals surface area contributed by atoms with E-state index in [1.807, 2.05) is 7.11 Å². The summed E-state index contributed by atoms with van der Waals surface area (Å²) >= 11 is 0. The van der Waals surface area contributed by atoms with Crippen LogP contribution in [0.15, 0.2) is 0 Å². The minimum Gasteiger partial charge on any atom is -0.393 e. The number of rotatable bonds is 16. The molecule has 0 spiro atoms. The van der Waals surface area contributed by atoms with Crippen molar-refractivity contribution in [1.82, 2.24) is 0 Å². The smallest absolute Gasteiger partial charge is 0.0571 e. The van der Waals surface area contributed by atoms with Gasteiger partial charge in [-0.15, -0.1) is 0 Å². The number of ether oxygens (including phenoxy) is 1. The minimum absolute atomic E-state index is 0.180. The van der Waals surface area contributed by atoms with E-state index in [0.29, 0.717) is 12.5 Å². The van der Waals surface area contributed by atoms with Crippen molar-refractivity contribution in [3.8, 4) is 0 Å². The van der Waals surface area contributed by atoms with E-state index >= 15 is 0 Å². The van der Waals surface area contributed by atoms with E-state index in [9.17, 15) is 5.11 Å². The Labute approximate surface area is 133 Å². The number of hydrogen-bond acceptors (Lipinski definition) is 2. The van der Waals surface area contributed by atoms with E-state index in [1.165, 1.54) is 70.6 Å². The third-order valence-corrected chi connectivity index (χ3v) is 4.36. The molecule has 0 fully saturated rings. The lowest BCUT2D eigenvalue weighted by Crippen LogP contribution is -2.10. The number of aliphatic hydroxyl groups is 1. The molecule has 2 unspecified atom stereocenters. The van der Waals surface area contributed by atoms with Crippen LogP contribution in [-0.2, 0) is 4.74 Å². The Morgan fingerprint density at radius 2 is 1.29 bits per heavy atom. The Balaban J connectivity index is 3.31. The van der Waals surface area contributed by atoms with Crippen LogP contribution in [0.4, 0.5) is 0 Å². The third kappa shape index (κ3) is 14.6. The van der Waals surface area contributed by atoms with Gasteiger partial charge in [-0.1, -0.05) is 78.1 Å². The van der Waals surface area contributed by atoms with Crippen molar-refractivity contribution in [2.24, 2.45) is 0 Å². The van der Waals surface area contributed by atoms with Crippen molar-refractivity contribution >= 4 is 0 Å². The summed E-state index contributed by atoms with van der Waals surface area (Å²) in [5.41, 5.74) is 0. The average Bonchev–Trinajstić information content (AvgIpc) is 2.51. The van der Waals surface area contributed by atoms with Crippen LogP contribution in [-0.4, -0.2) is 24.4 Å². The number of aliphatic hydroxyl groups excluding tert-OH is 1. The largest absolute Gasteiger partial charge is 0.393 e. The summed E-state index contributed by atoms with van der Waals surface area (Å²) < 4.78 is 5.58. The molecule has 0 aliphatic rings. The van der Waals surface area contributed by atoms with E-state index in [2.05, 4.69) is 13.8 Å². The fourth-order valence-electron chi connectivity index (χ4n) is 2.78. The second-order valence-electron chi connectivity index (χ2n) is 6.35. The number of hydrogen-bond donors (Lipinski definition) is 1. The molecule has 0 aromatic carbocycles. The summed E-state index contributed by atoms with van der Waals surface area (Å²) in [6.45, 7) is 5.98. The van der Waals surface area contributed by atoms with Crippen molar-refractivity contribution in [2.75, 3.05) is 7.11 Å². The molecule has 0 aliphatic heterocycles. The fourth-order valence-corrected chi connectivity index (χ4v) is 2.78. The molecule has 0 bridgehead atoms. The van der Waals surface area contributed by atoms with Crippen LogP contribution < -0.4 is 0 Å². The molecular formula is C19H39O2. The number of unbranched alkanes of at least 4 members (excludes halogenated alkanes) is 8. The molecule has 0 saturated carbocycles. The van der Waals surface area contributed by atoms with Crippen LogP contribution >= 0.6 is 0 Å². The molecule has 1 N–H and O–H groups in total. The molecule has 2 atom stereocenters. The van der Waals surface area contributed by atoms with E-state index in [-0.39, 0.29) is 6.10 Å². The van der Waals surface area contributed by atoms with Crippen molar-refractivity contribution in [3.05, 3.63) is 6.92 Å². The second-order valence-corrected chi connectivity index (χ2v) is 6.35. The van der Waals surface area contributed by atoms with Gasteiger partial charge in [-0.2, -0.15) is 0 Å². The molecule has 0 aliphatic carbocycles. The highest BCUT2D eigenvalue weighted by Gasteiger charge is 2.06. The highest BCUT2D eigenvalue weighted by molar-refractivity contribution is 4.60. The Kier molecular flexibility index (Phi) is 16.2. The van der Waals surface area contributed by atoms with Gasteiger partial charge in [0.25, 0.3) is 0 Å². The van der Waals surface area contributed by atoms with Gasteiger partial charge in [0.15, 0.2) is 0 Å². The summed E-state index contributed by atoms with van der Waals surface area (Å²) in [5, 5.41) is 9.41. The van der Waals surface area contributed by atoms with Crippen LogP contribution in [0.3, 0.4) is 0 Å². The SMILES string of the molecule is [CH2]CC(O)CCCCCCCCC(CCCCCC)OC. The maximum absolute atomic E-state index is 9.41. The summed E-state index contributed by atoms with van der Waals surface area (Å²) in [6, 6.07) is 0. The van der Waals surface area contributed by atoms with Crippen LogP contribution in [0.1, 0.15) is 96.8 Å². The highest BCUT2D eigenvalue weighted by atomic mass is 16.5. The van der Waals surface area contributed by atoms with Gasteiger partial charge in [-0.25, -0.2) is 0 Å². The summed E-state index contributed by atoms with van der Waals surface area (Å²) in [6.07, 6.45) is 17.3. The third-order valence-electron chi connectivity index (χ3n) is 4.36. The van der Waals surface area contributed by atoms with Crippen LogP contribution in [0.25, 0.3) is 0 Å². The molecule has 0 saturated heterocycles. The predicted octanol–water partition coefficient (Wildman–Crippen LogP) is 5.68. The average molecular weight is 300 g/mol. The maximum atomic E-state index is 9.41. The first-order valence-electron chi connectivity index (χ1n) is 9.24. The monoisotopic (exact) mass is 299 g/mol. The Hall–Kier alpha value is -0.0800. The first kappa shape index (κ1) is 20.9. The van der Waals surface area contributed by atoms with Gasteiger partial charge in [-0.05, 0) is 25.7 Å². The lowest BCUT2D eigenvalue weighted by molar-refractivity contribution is 0.0832. The minimum atomic E-state index is -0.180. The van der Waals surface area contributed by atoms with Gasteiger partial charge in [0.1, 0.15) is 0 Å². The van der Waals surface area contributed by atoms with Gasteiger partial charge >= 0.3 is 0 Å². The standard InChI is InChI=1S/C19H39O2/c1-4-6-7-13-16-19(21-3)17-14-11-9-8-10-12-15-18(20)5-2/h18-20H,2,4-17H2,1,3H3. The Morgan fingerprint density at radius 1 is 0.810 bits per heavy atom. The molecule has 2 heteroatoms. The fraction of sp³-hybridized carbons (Fsp3) is 0.947. The topological polar surface area (TPSA) is 29.5 Å². The molecular weight excluding hydrogens is 260 g/mol. The highest BCUT2D eigenvalue weighted by Crippen LogP contribution is 2.16. The van der Waals surface area contributed by atoms with Gasteiger partial charge in [-0.3, -0.25) is 0 Å². The van der Waals surface area contributed by atoms with Crippen molar-refractivity contribution in [1.29, 1.82) is 0 Å². The lowest BCUT2D eigenvalue weighted by atomic mass is 10.0. The zero-order chi connectivity index (χ0) is 15.8. The Morgan fingerprint density at radius 3 is 1.76 bits per heavy atom. The predicted molar refractivity (Wildman–Crippen MR) is 92.5 cm³/mol. The molecule has 21 heavy (non-hydrogen) atoms. The van der Waals surface area contributed by atoms with E-state index in [1.54, 1.807) is 0 Å². The Bertz CT molecular complexity index is 194. The zero-order valence-corrected chi connectivity index (χ0v) is 14.6. The molecule has 0 rings (SSSR count). The molecule has 0 amide bonds. The second kappa shape index (κ2) is 16.3.